The second-order valence-corrected chi connectivity index (χ2v) is 5.22. The van der Waals surface area contributed by atoms with Gasteiger partial charge in [-0.1, -0.05) is 17.7 Å². The van der Waals surface area contributed by atoms with Crippen LogP contribution in [0.3, 0.4) is 0 Å². The molecule has 0 aliphatic carbocycles. The molecule has 0 radical (unpaired) electrons. The van der Waals surface area contributed by atoms with E-state index in [4.69, 9.17) is 16.3 Å². The predicted molar refractivity (Wildman–Crippen MR) is 81.9 cm³/mol. The summed E-state index contributed by atoms with van der Waals surface area (Å²) in [4.78, 5) is 16.5. The summed E-state index contributed by atoms with van der Waals surface area (Å²) in [5, 5.41) is 0.174. The van der Waals surface area contributed by atoms with Crippen LogP contribution >= 0.6 is 11.6 Å². The first kappa shape index (κ1) is 14.5. The van der Waals surface area contributed by atoms with E-state index in [0.29, 0.717) is 17.1 Å². The van der Waals surface area contributed by atoms with Crippen molar-refractivity contribution in [1.29, 1.82) is 0 Å². The van der Waals surface area contributed by atoms with Crippen molar-refractivity contribution in [3.8, 4) is 5.75 Å². The minimum atomic E-state index is -0.435. The summed E-state index contributed by atoms with van der Waals surface area (Å²) in [5.74, 6) is -0.0933. The van der Waals surface area contributed by atoms with Crippen molar-refractivity contribution in [3.05, 3.63) is 75.0 Å². The normalized spacial score (nSPS) is 10.9. The Kier molecular flexibility index (Phi) is 3.81. The van der Waals surface area contributed by atoms with Crippen molar-refractivity contribution in [2.24, 2.45) is 0 Å². The highest BCUT2D eigenvalue weighted by Crippen LogP contribution is 2.25. The number of halogens is 2. The van der Waals surface area contributed by atoms with Gasteiger partial charge in [0.2, 0.25) is 0 Å². The maximum absolute atomic E-state index is 13.0. The summed E-state index contributed by atoms with van der Waals surface area (Å²) in [7, 11) is 0. The molecule has 22 heavy (non-hydrogen) atoms. The molecule has 3 aromatic rings. The minimum absolute atomic E-state index is 0.0744. The van der Waals surface area contributed by atoms with Crippen molar-refractivity contribution in [1.82, 2.24) is 9.38 Å². The molecular formula is C16H12ClFN2O2. The lowest BCUT2D eigenvalue weighted by Gasteiger charge is -2.09. The zero-order valence-electron chi connectivity index (χ0n) is 11.7. The van der Waals surface area contributed by atoms with Crippen molar-refractivity contribution in [2.75, 3.05) is 0 Å². The zero-order chi connectivity index (χ0) is 15.7. The lowest BCUT2D eigenvalue weighted by Crippen LogP contribution is -2.18. The molecule has 1 aromatic carbocycles. The average molecular weight is 319 g/mol. The first-order valence-corrected chi connectivity index (χ1v) is 6.98. The van der Waals surface area contributed by atoms with Crippen LogP contribution in [0.15, 0.2) is 47.3 Å². The molecule has 0 unspecified atom stereocenters. The molecule has 0 saturated carbocycles. The van der Waals surface area contributed by atoms with E-state index in [1.165, 1.54) is 28.7 Å². The van der Waals surface area contributed by atoms with Gasteiger partial charge in [0.05, 0.1) is 10.7 Å². The number of nitrogens with zero attached hydrogens (tertiary/aromatic N) is 2. The predicted octanol–water partition coefficient (Wildman–Crippen LogP) is 3.37. The molecule has 112 valence electrons. The third-order valence-corrected chi connectivity index (χ3v) is 3.50. The number of hydrogen-bond acceptors (Lipinski definition) is 3. The molecular weight excluding hydrogens is 307 g/mol. The Balaban J connectivity index is 1.90. The highest BCUT2D eigenvalue weighted by Gasteiger charge is 2.07. The standard InChI is InChI=1S/C16H12ClFN2O2/c1-10-3-2-4-15-19-12(8-16(21)20(10)15)9-22-14-6-5-11(18)7-13(14)17/h2-8H,9H2,1H3. The van der Waals surface area contributed by atoms with Gasteiger partial charge in [0.15, 0.2) is 0 Å². The maximum atomic E-state index is 13.0. The van der Waals surface area contributed by atoms with Crippen LogP contribution in [-0.4, -0.2) is 9.38 Å². The van der Waals surface area contributed by atoms with E-state index in [0.717, 1.165) is 5.69 Å². The van der Waals surface area contributed by atoms with Gasteiger partial charge in [0.25, 0.3) is 5.56 Å². The van der Waals surface area contributed by atoms with Gasteiger partial charge < -0.3 is 4.74 Å². The number of aryl methyl sites for hydroxylation is 1. The van der Waals surface area contributed by atoms with Crippen LogP contribution in [0.5, 0.6) is 5.75 Å². The second kappa shape index (κ2) is 5.77. The van der Waals surface area contributed by atoms with E-state index in [1.807, 2.05) is 19.1 Å². The van der Waals surface area contributed by atoms with Gasteiger partial charge in [-0.3, -0.25) is 9.20 Å². The van der Waals surface area contributed by atoms with Gasteiger partial charge in [0, 0.05) is 11.8 Å². The highest BCUT2D eigenvalue weighted by molar-refractivity contribution is 6.32. The van der Waals surface area contributed by atoms with Gasteiger partial charge in [0.1, 0.15) is 23.8 Å². The van der Waals surface area contributed by atoms with Crippen molar-refractivity contribution in [2.45, 2.75) is 13.5 Å². The molecule has 2 aromatic heterocycles. The third kappa shape index (κ3) is 2.80. The van der Waals surface area contributed by atoms with Crippen LogP contribution in [-0.2, 0) is 6.61 Å². The van der Waals surface area contributed by atoms with Gasteiger partial charge in [-0.25, -0.2) is 9.37 Å². The van der Waals surface area contributed by atoms with Crippen molar-refractivity contribution >= 4 is 17.2 Å². The van der Waals surface area contributed by atoms with Crippen molar-refractivity contribution in [3.63, 3.8) is 0 Å². The van der Waals surface area contributed by atoms with E-state index < -0.39 is 5.82 Å². The Morgan fingerprint density at radius 3 is 2.86 bits per heavy atom. The fourth-order valence-electron chi connectivity index (χ4n) is 2.18. The number of pyridine rings is 1. The molecule has 0 atom stereocenters. The molecule has 0 amide bonds. The Morgan fingerprint density at radius 1 is 1.27 bits per heavy atom. The van der Waals surface area contributed by atoms with Crippen LogP contribution < -0.4 is 10.3 Å². The molecule has 0 fully saturated rings. The van der Waals surface area contributed by atoms with Crippen molar-refractivity contribution < 1.29 is 9.13 Å². The smallest absolute Gasteiger partial charge is 0.258 e. The second-order valence-electron chi connectivity index (χ2n) is 4.81. The quantitative estimate of drug-likeness (QED) is 0.743. The lowest BCUT2D eigenvalue weighted by molar-refractivity contribution is 0.301. The van der Waals surface area contributed by atoms with E-state index in [2.05, 4.69) is 4.98 Å². The molecule has 2 heterocycles. The molecule has 0 bridgehead atoms. The SMILES string of the molecule is Cc1cccc2nc(COc3ccc(F)cc3Cl)cc(=O)n12. The summed E-state index contributed by atoms with van der Waals surface area (Å²) in [6.07, 6.45) is 0. The number of hydrogen-bond donors (Lipinski definition) is 0. The summed E-state index contributed by atoms with van der Waals surface area (Å²) >= 11 is 5.89. The van der Waals surface area contributed by atoms with Gasteiger partial charge >= 0.3 is 0 Å². The minimum Gasteiger partial charge on any atom is -0.486 e. The molecule has 0 spiro atoms. The highest BCUT2D eigenvalue weighted by atomic mass is 35.5. The molecule has 0 aliphatic heterocycles. The Bertz CT molecular complexity index is 908. The van der Waals surface area contributed by atoms with Gasteiger partial charge in [-0.2, -0.15) is 0 Å². The first-order valence-electron chi connectivity index (χ1n) is 6.61. The topological polar surface area (TPSA) is 43.6 Å². The van der Waals surface area contributed by atoms with Crippen LogP contribution in [0.4, 0.5) is 4.39 Å². The Hall–Kier alpha value is -2.40. The van der Waals surface area contributed by atoms with E-state index in [9.17, 15) is 9.18 Å². The summed E-state index contributed by atoms with van der Waals surface area (Å²) < 4.78 is 20.0. The Labute approximate surface area is 130 Å². The van der Waals surface area contributed by atoms with E-state index in [1.54, 1.807) is 6.07 Å². The lowest BCUT2D eigenvalue weighted by atomic mass is 10.3. The molecule has 6 heteroatoms. The van der Waals surface area contributed by atoms with Gasteiger partial charge in [-0.15, -0.1) is 0 Å². The number of ether oxygens (including phenoxy) is 1. The molecule has 0 saturated heterocycles. The summed E-state index contributed by atoms with van der Waals surface area (Å²) in [6, 6.07) is 10.7. The monoisotopic (exact) mass is 318 g/mol. The number of fused-ring (bicyclic) bond motifs is 1. The first-order chi connectivity index (χ1) is 10.5. The summed E-state index contributed by atoms with van der Waals surface area (Å²) in [6.45, 7) is 1.91. The van der Waals surface area contributed by atoms with Crippen LogP contribution in [0.2, 0.25) is 5.02 Å². The zero-order valence-corrected chi connectivity index (χ0v) is 12.5. The number of rotatable bonds is 3. The number of benzene rings is 1. The molecule has 0 aliphatic rings. The largest absolute Gasteiger partial charge is 0.486 e. The number of aromatic nitrogens is 2. The fourth-order valence-corrected chi connectivity index (χ4v) is 2.40. The van der Waals surface area contributed by atoms with Crippen LogP contribution in [0, 0.1) is 12.7 Å². The fraction of sp³-hybridized carbons (Fsp3) is 0.125. The molecule has 3 rings (SSSR count). The maximum Gasteiger partial charge on any atom is 0.258 e. The summed E-state index contributed by atoms with van der Waals surface area (Å²) in [5.41, 5.74) is 1.67. The van der Waals surface area contributed by atoms with Gasteiger partial charge in [-0.05, 0) is 37.3 Å². The van der Waals surface area contributed by atoms with E-state index in [-0.39, 0.29) is 17.2 Å². The Morgan fingerprint density at radius 2 is 2.09 bits per heavy atom. The average Bonchev–Trinajstić information content (AvgIpc) is 2.46. The van der Waals surface area contributed by atoms with E-state index >= 15 is 0 Å². The third-order valence-electron chi connectivity index (χ3n) is 3.20. The molecule has 0 N–H and O–H groups in total. The van der Waals surface area contributed by atoms with Crippen LogP contribution in [0.1, 0.15) is 11.4 Å². The van der Waals surface area contributed by atoms with Crippen LogP contribution in [0.25, 0.3) is 5.65 Å². The molecule has 4 nitrogen and oxygen atoms in total.